The maximum absolute atomic E-state index is 12.9. The average molecular weight is 398 g/mol. The third-order valence-electron chi connectivity index (χ3n) is 7.65. The first-order chi connectivity index (χ1) is 11.8. The second kappa shape index (κ2) is 7.51. The fourth-order valence-electron chi connectivity index (χ4n) is 4.89. The Morgan fingerprint density at radius 2 is 0.786 bits per heavy atom. The summed E-state index contributed by atoms with van der Waals surface area (Å²) in [6.07, 6.45) is -0.811. The molecule has 168 valence electrons. The quantitative estimate of drug-likeness (QED) is 0.523. The predicted octanol–water partition coefficient (Wildman–Crippen LogP) is 7.94. The number of rotatable bonds is 4. The molecule has 0 saturated heterocycles. The fourth-order valence-corrected chi connectivity index (χ4v) is 4.89. The van der Waals surface area contributed by atoms with Gasteiger partial charge in [-0.25, -0.2) is 4.79 Å². The van der Waals surface area contributed by atoms with Crippen molar-refractivity contribution in [3.05, 3.63) is 0 Å². The molecule has 0 aliphatic rings. The number of hydrogen-bond donors (Lipinski definition) is 1. The van der Waals surface area contributed by atoms with Crippen LogP contribution in [-0.4, -0.2) is 28.2 Å². The van der Waals surface area contributed by atoms with Crippen LogP contribution in [0.15, 0.2) is 0 Å². The Morgan fingerprint density at radius 3 is 0.893 bits per heavy atom. The Morgan fingerprint density at radius 1 is 0.571 bits per heavy atom. The van der Waals surface area contributed by atoms with Crippen LogP contribution in [0.5, 0.6) is 0 Å². The van der Waals surface area contributed by atoms with Gasteiger partial charge in [0.2, 0.25) is 0 Å². The van der Waals surface area contributed by atoms with E-state index in [1.165, 1.54) is 0 Å². The second-order valence-electron chi connectivity index (χ2n) is 14.2. The van der Waals surface area contributed by atoms with E-state index < -0.39 is 6.09 Å². The first-order valence-corrected chi connectivity index (χ1v) is 10.8. The smallest absolute Gasteiger partial charge is 0.407 e. The number of nitrogens with zero attached hydrogens (tertiary/aromatic N) is 1. The molecule has 0 aromatic rings. The zero-order valence-electron chi connectivity index (χ0n) is 22.0. The minimum Gasteiger partial charge on any atom is -0.465 e. The molecule has 1 N–H and O–H groups in total. The largest absolute Gasteiger partial charge is 0.465 e. The van der Waals surface area contributed by atoms with Gasteiger partial charge in [-0.1, -0.05) is 111 Å². The monoisotopic (exact) mass is 397 g/mol. The maximum Gasteiger partial charge on any atom is 0.407 e. The van der Waals surface area contributed by atoms with E-state index in [9.17, 15) is 9.90 Å². The molecule has 0 bridgehead atoms. The number of hydrogen-bond acceptors (Lipinski definition) is 1. The third kappa shape index (κ3) is 5.25. The van der Waals surface area contributed by atoms with Gasteiger partial charge in [-0.2, -0.15) is 0 Å². The van der Waals surface area contributed by atoms with Gasteiger partial charge in [0, 0.05) is 12.1 Å². The molecule has 1 amide bonds. The van der Waals surface area contributed by atoms with Crippen LogP contribution in [0, 0.1) is 32.5 Å². The van der Waals surface area contributed by atoms with Gasteiger partial charge in [0.15, 0.2) is 0 Å². The summed E-state index contributed by atoms with van der Waals surface area (Å²) in [5.41, 5.74) is -0.943. The highest BCUT2D eigenvalue weighted by Gasteiger charge is 2.57. The zero-order valence-corrected chi connectivity index (χ0v) is 22.0. The van der Waals surface area contributed by atoms with Crippen molar-refractivity contribution in [1.29, 1.82) is 0 Å². The molecule has 0 aliphatic heterocycles. The lowest BCUT2D eigenvalue weighted by molar-refractivity contribution is -0.120. The summed E-state index contributed by atoms with van der Waals surface area (Å²) in [5.74, 6) is 0. The van der Waals surface area contributed by atoms with E-state index in [1.54, 1.807) is 0 Å². The van der Waals surface area contributed by atoms with Gasteiger partial charge in [0.05, 0.1) is 0 Å². The summed E-state index contributed by atoms with van der Waals surface area (Å²) in [5, 5.41) is 10.6. The molecule has 0 spiro atoms. The first kappa shape index (κ1) is 27.3. The average Bonchev–Trinajstić information content (AvgIpc) is 2.30. The Balaban J connectivity index is 7.10. The lowest BCUT2D eigenvalue weighted by Crippen LogP contribution is -2.67. The van der Waals surface area contributed by atoms with E-state index in [2.05, 4.69) is 111 Å². The molecular weight excluding hydrogens is 346 g/mol. The molecule has 0 aliphatic carbocycles. The summed E-state index contributed by atoms with van der Waals surface area (Å²) < 4.78 is 0. The molecule has 0 radical (unpaired) electrons. The van der Waals surface area contributed by atoms with Gasteiger partial charge >= 0.3 is 6.09 Å². The molecule has 2 atom stereocenters. The Bertz CT molecular complexity index is 501. The molecule has 0 rings (SSSR count). The SMILES string of the molecule is CC(C)(C)C(N(C(=O)O)C(C(C)(C)C)C(C)(C)C(C)(C)C)C(C)(C)C(C)(C)C. The highest BCUT2D eigenvalue weighted by atomic mass is 16.4. The zero-order chi connectivity index (χ0) is 23.3. The van der Waals surface area contributed by atoms with E-state index >= 15 is 0 Å². The van der Waals surface area contributed by atoms with Crippen LogP contribution in [0.4, 0.5) is 4.79 Å². The van der Waals surface area contributed by atoms with Gasteiger partial charge in [-0.15, -0.1) is 0 Å². The van der Waals surface area contributed by atoms with Crippen LogP contribution in [0.2, 0.25) is 0 Å². The summed E-state index contributed by atoms with van der Waals surface area (Å²) >= 11 is 0. The number of carboxylic acid groups (broad SMARTS) is 1. The second-order valence-corrected chi connectivity index (χ2v) is 14.2. The van der Waals surface area contributed by atoms with Gasteiger partial charge in [0.25, 0.3) is 0 Å². The minimum absolute atomic E-state index is 0.0487. The van der Waals surface area contributed by atoms with Crippen LogP contribution in [0.1, 0.15) is 111 Å². The molecule has 28 heavy (non-hydrogen) atoms. The standard InChI is InChI=1S/C25H51NO2/c1-20(2,3)17(24(13,14)22(7,8)9)26(19(27)28)18(21(4,5)6)25(15,16)23(10,11)12/h17-18H,1-16H3,(H,27,28). The van der Waals surface area contributed by atoms with Crippen molar-refractivity contribution in [3.63, 3.8) is 0 Å². The molecule has 0 fully saturated rings. The van der Waals surface area contributed by atoms with Gasteiger partial charge < -0.3 is 10.0 Å². The lowest BCUT2D eigenvalue weighted by Gasteiger charge is -2.61. The minimum atomic E-state index is -0.811. The van der Waals surface area contributed by atoms with Crippen molar-refractivity contribution in [2.45, 2.75) is 123 Å². The molecule has 0 aromatic carbocycles. The van der Waals surface area contributed by atoms with Crippen LogP contribution >= 0.6 is 0 Å². The summed E-state index contributed by atoms with van der Waals surface area (Å²) in [4.78, 5) is 14.8. The third-order valence-corrected chi connectivity index (χ3v) is 7.65. The Hall–Kier alpha value is -0.730. The van der Waals surface area contributed by atoms with Crippen LogP contribution in [-0.2, 0) is 0 Å². The highest BCUT2D eigenvalue weighted by molar-refractivity contribution is 5.66. The van der Waals surface area contributed by atoms with Crippen molar-refractivity contribution in [2.24, 2.45) is 32.5 Å². The van der Waals surface area contributed by atoms with Gasteiger partial charge in [-0.05, 0) is 32.5 Å². The van der Waals surface area contributed by atoms with E-state index in [0.29, 0.717) is 0 Å². The predicted molar refractivity (Wildman–Crippen MR) is 123 cm³/mol. The number of amides is 1. The molecular formula is C25H51NO2. The summed E-state index contributed by atoms with van der Waals surface area (Å²) in [7, 11) is 0. The molecule has 3 nitrogen and oxygen atoms in total. The van der Waals surface area contributed by atoms with Crippen molar-refractivity contribution < 1.29 is 9.90 Å². The van der Waals surface area contributed by atoms with E-state index in [1.807, 2.05) is 4.90 Å². The Labute approximate surface area is 176 Å². The number of carbonyl (C=O) groups is 1. The van der Waals surface area contributed by atoms with Crippen molar-refractivity contribution in [2.75, 3.05) is 0 Å². The van der Waals surface area contributed by atoms with Crippen molar-refractivity contribution in [3.8, 4) is 0 Å². The van der Waals surface area contributed by atoms with Gasteiger partial charge in [-0.3, -0.25) is 0 Å². The normalized spacial score (nSPS) is 17.3. The maximum atomic E-state index is 12.9. The van der Waals surface area contributed by atoms with E-state index in [0.717, 1.165) is 0 Å². The summed E-state index contributed by atoms with van der Waals surface area (Å²) in [6, 6.07) is -0.272. The molecule has 0 heterocycles. The van der Waals surface area contributed by atoms with Gasteiger partial charge in [0.1, 0.15) is 0 Å². The highest BCUT2D eigenvalue weighted by Crippen LogP contribution is 2.55. The van der Waals surface area contributed by atoms with E-state index in [-0.39, 0.29) is 44.6 Å². The molecule has 2 unspecified atom stereocenters. The van der Waals surface area contributed by atoms with Crippen molar-refractivity contribution in [1.82, 2.24) is 4.90 Å². The molecule has 3 heteroatoms. The fraction of sp³-hybridized carbons (Fsp3) is 0.960. The molecule has 0 aromatic heterocycles. The van der Waals surface area contributed by atoms with Crippen LogP contribution < -0.4 is 0 Å². The van der Waals surface area contributed by atoms with E-state index in [4.69, 9.17) is 0 Å². The lowest BCUT2D eigenvalue weighted by atomic mass is 9.55. The Kier molecular flexibility index (Phi) is 7.31. The molecule has 0 saturated carbocycles. The first-order valence-electron chi connectivity index (χ1n) is 10.8. The summed E-state index contributed by atoms with van der Waals surface area (Å²) in [6.45, 7) is 35.4. The topological polar surface area (TPSA) is 40.5 Å². The van der Waals surface area contributed by atoms with Crippen LogP contribution in [0.25, 0.3) is 0 Å². The van der Waals surface area contributed by atoms with Crippen LogP contribution in [0.3, 0.4) is 0 Å². The van der Waals surface area contributed by atoms with Crippen molar-refractivity contribution >= 4 is 6.09 Å².